The Kier molecular flexibility index (Phi) is 4.59. The Hall–Kier alpha value is -0.990. The lowest BCUT2D eigenvalue weighted by Crippen LogP contribution is -2.50. The average molecular weight is 253 g/mol. The van der Waals surface area contributed by atoms with Crippen molar-refractivity contribution in [3.8, 4) is 0 Å². The number of carbonyl (C=O) groups excluding carboxylic acids is 1. The molecule has 0 saturated heterocycles. The zero-order valence-electron chi connectivity index (χ0n) is 7.99. The number of halogens is 6. The van der Waals surface area contributed by atoms with Crippen LogP contribution in [0.3, 0.4) is 0 Å². The van der Waals surface area contributed by atoms with E-state index in [4.69, 9.17) is 5.11 Å². The van der Waals surface area contributed by atoms with Gasteiger partial charge in [0.2, 0.25) is 11.8 Å². The fraction of sp³-hybridized carbons (Fsp3) is 0.857. The first-order valence-electron chi connectivity index (χ1n) is 4.04. The predicted molar refractivity (Wildman–Crippen MR) is 40.3 cm³/mol. The summed E-state index contributed by atoms with van der Waals surface area (Å²) in [7, 11) is 0. The lowest BCUT2D eigenvalue weighted by atomic mass is 10.1. The summed E-state index contributed by atoms with van der Waals surface area (Å²) in [6.45, 7) is 0.315. The Morgan fingerprint density at radius 2 is 1.56 bits per heavy atom. The Balaban J connectivity index is 4.87. The van der Waals surface area contributed by atoms with Gasteiger partial charge in [-0.3, -0.25) is 4.79 Å². The van der Waals surface area contributed by atoms with Crippen LogP contribution in [0.25, 0.3) is 0 Å². The molecule has 9 heteroatoms. The van der Waals surface area contributed by atoms with Crippen molar-refractivity contribution in [3.05, 3.63) is 0 Å². The fourth-order valence-electron chi connectivity index (χ4n) is 0.855. The topological polar surface area (TPSA) is 49.3 Å². The molecule has 0 aliphatic heterocycles. The Labute approximate surface area is 86.4 Å². The molecule has 0 bridgehead atoms. The summed E-state index contributed by atoms with van der Waals surface area (Å²) in [5, 5.41) is 9.81. The number of aliphatic hydroxyl groups excluding tert-OH is 1. The molecule has 1 amide bonds. The second-order valence-electron chi connectivity index (χ2n) is 3.11. The molecule has 0 spiro atoms. The van der Waals surface area contributed by atoms with Crippen molar-refractivity contribution in [2.24, 2.45) is 5.92 Å². The predicted octanol–water partition coefficient (Wildman–Crippen LogP) is 1.22. The normalized spacial score (nSPS) is 15.1. The summed E-state index contributed by atoms with van der Waals surface area (Å²) in [4.78, 5) is 10.7. The monoisotopic (exact) mass is 253 g/mol. The number of amides is 1. The third kappa shape index (κ3) is 4.25. The van der Waals surface area contributed by atoms with Gasteiger partial charge in [-0.05, 0) is 6.92 Å². The smallest absolute Gasteiger partial charge is 0.394 e. The van der Waals surface area contributed by atoms with Crippen molar-refractivity contribution < 1.29 is 36.2 Å². The van der Waals surface area contributed by atoms with Crippen LogP contribution in [0.1, 0.15) is 6.92 Å². The van der Waals surface area contributed by atoms with Gasteiger partial charge in [-0.2, -0.15) is 26.3 Å². The molecular formula is C7H9F6NO2. The van der Waals surface area contributed by atoms with Crippen molar-refractivity contribution in [1.29, 1.82) is 0 Å². The summed E-state index contributed by atoms with van der Waals surface area (Å²) in [6, 6.07) is -1.18. The van der Waals surface area contributed by atoms with E-state index in [2.05, 4.69) is 0 Å². The summed E-state index contributed by atoms with van der Waals surface area (Å²) in [6.07, 6.45) is -11.4. The van der Waals surface area contributed by atoms with Gasteiger partial charge in [0.05, 0.1) is 6.61 Å². The van der Waals surface area contributed by atoms with Crippen LogP contribution in [0.4, 0.5) is 26.3 Å². The van der Waals surface area contributed by atoms with Gasteiger partial charge in [-0.1, -0.05) is 0 Å². The molecule has 0 aromatic heterocycles. The first kappa shape index (κ1) is 15.0. The standard InChI is InChI=1S/C7H9F6NO2/c1-3(2-15)14-5(16)4(6(8,9)10)7(11,12)13/h3-4,15H,2H2,1H3,(H,14,16)/t3-/m0/s1. The quantitative estimate of drug-likeness (QED) is 0.743. The fourth-order valence-corrected chi connectivity index (χ4v) is 0.855. The highest BCUT2D eigenvalue weighted by molar-refractivity contribution is 5.80. The molecule has 0 aromatic rings. The molecule has 0 aromatic carbocycles. The number of hydrogen-bond acceptors (Lipinski definition) is 2. The molecule has 0 heterocycles. The van der Waals surface area contributed by atoms with Crippen LogP contribution >= 0.6 is 0 Å². The van der Waals surface area contributed by atoms with Crippen molar-refractivity contribution >= 4 is 5.91 Å². The lowest BCUT2D eigenvalue weighted by Gasteiger charge is -2.23. The molecule has 0 fully saturated rings. The molecule has 0 aliphatic carbocycles. The molecule has 0 saturated carbocycles. The second-order valence-corrected chi connectivity index (χ2v) is 3.11. The van der Waals surface area contributed by atoms with E-state index in [0.29, 0.717) is 0 Å². The first-order chi connectivity index (χ1) is 7.00. The van der Waals surface area contributed by atoms with Crippen LogP contribution in [-0.4, -0.2) is 36.0 Å². The highest BCUT2D eigenvalue weighted by Gasteiger charge is 2.61. The minimum absolute atomic E-state index is 0.756. The van der Waals surface area contributed by atoms with E-state index in [1.807, 2.05) is 0 Å². The molecule has 0 unspecified atom stereocenters. The van der Waals surface area contributed by atoms with Gasteiger partial charge in [-0.15, -0.1) is 0 Å². The van der Waals surface area contributed by atoms with Crippen LogP contribution in [0.15, 0.2) is 0 Å². The van der Waals surface area contributed by atoms with Gasteiger partial charge >= 0.3 is 12.4 Å². The number of hydrogen-bond donors (Lipinski definition) is 2. The molecule has 2 N–H and O–H groups in total. The zero-order valence-corrected chi connectivity index (χ0v) is 7.99. The molecular weight excluding hydrogens is 244 g/mol. The Bertz CT molecular complexity index is 234. The minimum atomic E-state index is -5.71. The maximum absolute atomic E-state index is 12.0. The van der Waals surface area contributed by atoms with Gasteiger partial charge < -0.3 is 10.4 Å². The first-order valence-corrected chi connectivity index (χ1v) is 4.04. The van der Waals surface area contributed by atoms with E-state index in [-0.39, 0.29) is 0 Å². The minimum Gasteiger partial charge on any atom is -0.394 e. The van der Waals surface area contributed by atoms with Gasteiger partial charge in [0.15, 0.2) is 0 Å². The van der Waals surface area contributed by atoms with Gasteiger partial charge in [0.1, 0.15) is 0 Å². The number of nitrogens with one attached hydrogen (secondary N) is 1. The molecule has 16 heavy (non-hydrogen) atoms. The number of carbonyl (C=O) groups is 1. The zero-order chi connectivity index (χ0) is 13.1. The molecule has 3 nitrogen and oxygen atoms in total. The Morgan fingerprint density at radius 3 is 1.81 bits per heavy atom. The van der Waals surface area contributed by atoms with E-state index in [1.54, 1.807) is 0 Å². The van der Waals surface area contributed by atoms with E-state index in [9.17, 15) is 31.1 Å². The maximum atomic E-state index is 12.0. The molecule has 96 valence electrons. The molecule has 1 atom stereocenters. The molecule has 0 aliphatic rings. The molecule has 0 radical (unpaired) electrons. The summed E-state index contributed by atoms with van der Waals surface area (Å²) >= 11 is 0. The third-order valence-corrected chi connectivity index (χ3v) is 1.58. The van der Waals surface area contributed by atoms with Crippen molar-refractivity contribution in [2.45, 2.75) is 25.3 Å². The second kappa shape index (κ2) is 4.89. The number of rotatable bonds is 3. The van der Waals surface area contributed by atoms with Gasteiger partial charge in [-0.25, -0.2) is 0 Å². The van der Waals surface area contributed by atoms with Crippen LogP contribution < -0.4 is 5.32 Å². The van der Waals surface area contributed by atoms with Crippen LogP contribution in [-0.2, 0) is 4.79 Å². The van der Waals surface area contributed by atoms with Crippen LogP contribution in [0, 0.1) is 5.92 Å². The number of alkyl halides is 6. The van der Waals surface area contributed by atoms with E-state index < -0.39 is 36.8 Å². The summed E-state index contributed by atoms with van der Waals surface area (Å²) < 4.78 is 71.9. The average Bonchev–Trinajstić information content (AvgIpc) is 1.97. The third-order valence-electron chi connectivity index (χ3n) is 1.58. The lowest BCUT2D eigenvalue weighted by molar-refractivity contribution is -0.274. The van der Waals surface area contributed by atoms with Crippen LogP contribution in [0.5, 0.6) is 0 Å². The molecule has 0 rings (SSSR count). The number of aliphatic hydroxyl groups is 1. The van der Waals surface area contributed by atoms with Crippen molar-refractivity contribution in [2.75, 3.05) is 6.61 Å². The van der Waals surface area contributed by atoms with Gasteiger partial charge in [0.25, 0.3) is 0 Å². The summed E-state index contributed by atoms with van der Waals surface area (Å²) in [5.74, 6) is -6.30. The highest BCUT2D eigenvalue weighted by atomic mass is 19.4. The SMILES string of the molecule is C[C@@H](CO)NC(=O)C(C(F)(F)F)C(F)(F)F. The van der Waals surface area contributed by atoms with Crippen molar-refractivity contribution in [1.82, 2.24) is 5.32 Å². The van der Waals surface area contributed by atoms with Crippen LogP contribution in [0.2, 0.25) is 0 Å². The van der Waals surface area contributed by atoms with E-state index >= 15 is 0 Å². The van der Waals surface area contributed by atoms with E-state index in [1.165, 1.54) is 5.32 Å². The largest absolute Gasteiger partial charge is 0.409 e. The maximum Gasteiger partial charge on any atom is 0.409 e. The Morgan fingerprint density at radius 1 is 1.19 bits per heavy atom. The summed E-state index contributed by atoms with van der Waals surface area (Å²) in [5.41, 5.74) is 0. The highest BCUT2D eigenvalue weighted by Crippen LogP contribution is 2.39. The van der Waals surface area contributed by atoms with Crippen molar-refractivity contribution in [3.63, 3.8) is 0 Å². The van der Waals surface area contributed by atoms with Gasteiger partial charge in [0, 0.05) is 6.04 Å². The van der Waals surface area contributed by atoms with E-state index in [0.717, 1.165) is 6.92 Å².